The summed E-state index contributed by atoms with van der Waals surface area (Å²) in [6.45, 7) is 3.04. The van der Waals surface area contributed by atoms with Crippen molar-refractivity contribution in [3.8, 4) is 5.75 Å². The molecule has 1 aromatic carbocycles. The third-order valence-electron chi connectivity index (χ3n) is 3.24. The van der Waals surface area contributed by atoms with E-state index in [4.69, 9.17) is 0 Å². The van der Waals surface area contributed by atoms with Crippen LogP contribution in [-0.2, 0) is 0 Å². The van der Waals surface area contributed by atoms with E-state index in [0.29, 0.717) is 18.5 Å². The van der Waals surface area contributed by atoms with E-state index in [9.17, 15) is 15.0 Å². The van der Waals surface area contributed by atoms with Crippen LogP contribution < -0.4 is 10.6 Å². The Morgan fingerprint density at radius 2 is 2.28 bits per heavy atom. The minimum absolute atomic E-state index is 0.105. The van der Waals surface area contributed by atoms with Gasteiger partial charge in [0.15, 0.2) is 0 Å². The first-order chi connectivity index (χ1) is 8.58. The molecule has 0 aromatic heterocycles. The summed E-state index contributed by atoms with van der Waals surface area (Å²) >= 11 is 0. The number of carbonyl (C=O) groups is 1. The lowest BCUT2D eigenvalue weighted by atomic mass is 10.0. The van der Waals surface area contributed by atoms with Crippen LogP contribution in [0.25, 0.3) is 0 Å². The highest BCUT2D eigenvalue weighted by Crippen LogP contribution is 2.17. The number of hydrogen-bond acceptors (Lipinski definition) is 4. The number of aliphatic hydroxyl groups is 1. The summed E-state index contributed by atoms with van der Waals surface area (Å²) in [6, 6.07) is 4.57. The molecule has 1 aliphatic heterocycles. The fourth-order valence-electron chi connectivity index (χ4n) is 2.01. The van der Waals surface area contributed by atoms with Gasteiger partial charge in [0, 0.05) is 12.1 Å². The van der Waals surface area contributed by atoms with Crippen LogP contribution in [0.4, 0.5) is 0 Å². The van der Waals surface area contributed by atoms with Gasteiger partial charge < -0.3 is 20.8 Å². The van der Waals surface area contributed by atoms with E-state index in [2.05, 4.69) is 10.6 Å². The highest BCUT2D eigenvalue weighted by atomic mass is 16.3. The fraction of sp³-hybridized carbons (Fsp3) is 0.462. The second-order valence-electron chi connectivity index (χ2n) is 4.64. The number of aryl methyl sites for hydroxylation is 1. The zero-order valence-corrected chi connectivity index (χ0v) is 10.3. The predicted octanol–water partition coefficient (Wildman–Crippen LogP) is 0.153. The SMILES string of the molecule is Cc1ccc(C(=O)N[C@@H]2CCNC[C@H]2O)cc1O. The number of aliphatic hydroxyl groups excluding tert-OH is 1. The zero-order chi connectivity index (χ0) is 13.1. The van der Waals surface area contributed by atoms with Gasteiger partial charge in [0.05, 0.1) is 12.1 Å². The average Bonchev–Trinajstić information content (AvgIpc) is 2.35. The predicted molar refractivity (Wildman–Crippen MR) is 67.6 cm³/mol. The smallest absolute Gasteiger partial charge is 0.251 e. The molecule has 98 valence electrons. The van der Waals surface area contributed by atoms with Crippen LogP contribution >= 0.6 is 0 Å². The van der Waals surface area contributed by atoms with Crippen LogP contribution in [0, 0.1) is 6.92 Å². The normalized spacial score (nSPS) is 23.7. The Kier molecular flexibility index (Phi) is 3.84. The Balaban J connectivity index is 2.04. The first kappa shape index (κ1) is 12.9. The number of carbonyl (C=O) groups excluding carboxylic acids is 1. The van der Waals surface area contributed by atoms with E-state index in [0.717, 1.165) is 12.1 Å². The van der Waals surface area contributed by atoms with Crippen molar-refractivity contribution in [1.29, 1.82) is 0 Å². The molecule has 1 heterocycles. The van der Waals surface area contributed by atoms with Crippen molar-refractivity contribution >= 4 is 5.91 Å². The average molecular weight is 250 g/mol. The van der Waals surface area contributed by atoms with Gasteiger partial charge in [-0.15, -0.1) is 0 Å². The lowest BCUT2D eigenvalue weighted by molar-refractivity contribution is 0.0765. The lowest BCUT2D eigenvalue weighted by Crippen LogP contribution is -2.52. The molecule has 0 radical (unpaired) electrons. The van der Waals surface area contributed by atoms with Crippen molar-refractivity contribution in [2.24, 2.45) is 0 Å². The molecular weight excluding hydrogens is 232 g/mol. The molecule has 1 fully saturated rings. The molecule has 2 atom stereocenters. The quantitative estimate of drug-likeness (QED) is 0.602. The zero-order valence-electron chi connectivity index (χ0n) is 10.3. The van der Waals surface area contributed by atoms with Gasteiger partial charge in [-0.05, 0) is 37.6 Å². The van der Waals surface area contributed by atoms with E-state index in [1.807, 2.05) is 0 Å². The van der Waals surface area contributed by atoms with Crippen LogP contribution in [-0.4, -0.2) is 41.4 Å². The maximum absolute atomic E-state index is 12.0. The number of aromatic hydroxyl groups is 1. The molecule has 4 N–H and O–H groups in total. The minimum Gasteiger partial charge on any atom is -0.508 e. The van der Waals surface area contributed by atoms with E-state index < -0.39 is 6.10 Å². The molecule has 0 unspecified atom stereocenters. The summed E-state index contributed by atoms with van der Waals surface area (Å²) in [5.41, 5.74) is 1.14. The molecule has 1 saturated heterocycles. The minimum atomic E-state index is -0.568. The van der Waals surface area contributed by atoms with Gasteiger partial charge in [0.2, 0.25) is 0 Å². The summed E-state index contributed by atoms with van der Waals surface area (Å²) in [4.78, 5) is 12.0. The molecule has 0 aliphatic carbocycles. The Morgan fingerprint density at radius 1 is 1.50 bits per heavy atom. The fourth-order valence-corrected chi connectivity index (χ4v) is 2.01. The first-order valence-electron chi connectivity index (χ1n) is 6.07. The van der Waals surface area contributed by atoms with E-state index >= 15 is 0 Å². The Bertz CT molecular complexity index is 448. The van der Waals surface area contributed by atoms with Crippen LogP contribution in [0.1, 0.15) is 22.3 Å². The highest BCUT2D eigenvalue weighted by Gasteiger charge is 2.24. The van der Waals surface area contributed by atoms with Gasteiger partial charge in [-0.2, -0.15) is 0 Å². The van der Waals surface area contributed by atoms with Gasteiger partial charge in [-0.1, -0.05) is 6.07 Å². The third-order valence-corrected chi connectivity index (χ3v) is 3.24. The Morgan fingerprint density at radius 3 is 2.94 bits per heavy atom. The van der Waals surface area contributed by atoms with Crippen LogP contribution in [0.5, 0.6) is 5.75 Å². The molecule has 5 nitrogen and oxygen atoms in total. The Labute approximate surface area is 106 Å². The maximum atomic E-state index is 12.0. The van der Waals surface area contributed by atoms with Gasteiger partial charge in [-0.3, -0.25) is 4.79 Å². The largest absolute Gasteiger partial charge is 0.508 e. The number of amides is 1. The van der Waals surface area contributed by atoms with Crippen LogP contribution in [0.2, 0.25) is 0 Å². The molecule has 18 heavy (non-hydrogen) atoms. The Hall–Kier alpha value is -1.59. The molecule has 1 aromatic rings. The van der Waals surface area contributed by atoms with E-state index in [1.165, 1.54) is 6.07 Å². The van der Waals surface area contributed by atoms with Crippen LogP contribution in [0.15, 0.2) is 18.2 Å². The monoisotopic (exact) mass is 250 g/mol. The summed E-state index contributed by atoms with van der Waals surface area (Å²) in [5, 5.41) is 25.1. The molecule has 0 saturated carbocycles. The van der Waals surface area contributed by atoms with E-state index in [-0.39, 0.29) is 17.7 Å². The number of phenolic OH excluding ortho intramolecular Hbond substituents is 1. The summed E-state index contributed by atoms with van der Waals surface area (Å²) in [7, 11) is 0. The lowest BCUT2D eigenvalue weighted by Gasteiger charge is -2.29. The van der Waals surface area contributed by atoms with Gasteiger partial charge in [0.1, 0.15) is 5.75 Å². The molecule has 5 heteroatoms. The summed E-state index contributed by atoms with van der Waals surface area (Å²) in [6.07, 6.45) is 0.131. The number of rotatable bonds is 2. The topological polar surface area (TPSA) is 81.6 Å². The summed E-state index contributed by atoms with van der Waals surface area (Å²) < 4.78 is 0. The second-order valence-corrected chi connectivity index (χ2v) is 4.64. The number of piperidine rings is 1. The highest BCUT2D eigenvalue weighted by molar-refractivity contribution is 5.94. The number of benzene rings is 1. The molecule has 0 bridgehead atoms. The van der Waals surface area contributed by atoms with Crippen molar-refractivity contribution < 1.29 is 15.0 Å². The van der Waals surface area contributed by atoms with Crippen molar-refractivity contribution in [1.82, 2.24) is 10.6 Å². The molecular formula is C13H18N2O3. The molecule has 1 amide bonds. The van der Waals surface area contributed by atoms with Gasteiger partial charge >= 0.3 is 0 Å². The van der Waals surface area contributed by atoms with E-state index in [1.54, 1.807) is 19.1 Å². The standard InChI is InChI=1S/C13H18N2O3/c1-8-2-3-9(6-11(8)16)13(18)15-10-4-5-14-7-12(10)17/h2-3,6,10,12,14,16-17H,4-5,7H2,1H3,(H,15,18)/t10-,12-/m1/s1. The number of β-amino-alcohol motifs (C(OH)–C–C–N with tert-alkyl or cyclic N) is 1. The van der Waals surface area contributed by atoms with Crippen LogP contribution in [0.3, 0.4) is 0 Å². The second kappa shape index (κ2) is 5.37. The number of nitrogens with one attached hydrogen (secondary N) is 2. The molecule has 0 spiro atoms. The van der Waals surface area contributed by atoms with Gasteiger partial charge in [-0.25, -0.2) is 0 Å². The number of phenols is 1. The van der Waals surface area contributed by atoms with Crippen molar-refractivity contribution in [3.05, 3.63) is 29.3 Å². The number of hydrogen-bond donors (Lipinski definition) is 4. The van der Waals surface area contributed by atoms with Crippen molar-refractivity contribution in [2.75, 3.05) is 13.1 Å². The third kappa shape index (κ3) is 2.80. The first-order valence-corrected chi connectivity index (χ1v) is 6.07. The van der Waals surface area contributed by atoms with Crippen molar-refractivity contribution in [2.45, 2.75) is 25.5 Å². The molecule has 2 rings (SSSR count). The van der Waals surface area contributed by atoms with Crippen molar-refractivity contribution in [3.63, 3.8) is 0 Å². The molecule has 1 aliphatic rings. The summed E-state index contributed by atoms with van der Waals surface area (Å²) in [5.74, 6) is -0.162. The maximum Gasteiger partial charge on any atom is 0.251 e. The van der Waals surface area contributed by atoms with Gasteiger partial charge in [0.25, 0.3) is 5.91 Å².